The molecule has 0 aliphatic carbocycles. The van der Waals surface area contributed by atoms with E-state index < -0.39 is 11.2 Å². The summed E-state index contributed by atoms with van der Waals surface area (Å²) >= 11 is 0. The number of aromatic nitrogens is 2. The third-order valence-electron chi connectivity index (χ3n) is 4.03. The number of nitrogens with two attached hydrogens (primary N) is 1. The maximum Gasteiger partial charge on any atom is 0.330 e. The molecule has 2 heterocycles. The average Bonchev–Trinajstić information content (AvgIpc) is 2.44. The maximum atomic E-state index is 12.1. The van der Waals surface area contributed by atoms with Gasteiger partial charge in [-0.05, 0) is 31.6 Å². The van der Waals surface area contributed by atoms with E-state index in [4.69, 9.17) is 10.8 Å². The van der Waals surface area contributed by atoms with Crippen molar-refractivity contribution in [2.75, 3.05) is 30.3 Å². The van der Waals surface area contributed by atoms with Crippen LogP contribution in [0, 0.1) is 5.92 Å². The molecular formula is C14H24N4O3. The highest BCUT2D eigenvalue weighted by atomic mass is 16.3. The van der Waals surface area contributed by atoms with Crippen LogP contribution in [0.4, 0.5) is 11.5 Å². The monoisotopic (exact) mass is 296 g/mol. The van der Waals surface area contributed by atoms with Crippen molar-refractivity contribution in [2.24, 2.45) is 5.92 Å². The lowest BCUT2D eigenvalue weighted by Gasteiger charge is -2.34. The molecule has 118 valence electrons. The Morgan fingerprint density at radius 1 is 1.43 bits per heavy atom. The summed E-state index contributed by atoms with van der Waals surface area (Å²) in [5, 5.41) is 9.08. The maximum absolute atomic E-state index is 12.1. The molecule has 1 aliphatic heterocycles. The van der Waals surface area contributed by atoms with Crippen molar-refractivity contribution in [3.05, 3.63) is 20.8 Å². The zero-order chi connectivity index (χ0) is 15.4. The number of hydrogen-bond acceptors (Lipinski definition) is 5. The number of aliphatic hydroxyl groups is 1. The summed E-state index contributed by atoms with van der Waals surface area (Å²) in [6.07, 6.45) is 3.49. The van der Waals surface area contributed by atoms with E-state index in [0.29, 0.717) is 24.7 Å². The van der Waals surface area contributed by atoms with E-state index in [-0.39, 0.29) is 12.4 Å². The van der Waals surface area contributed by atoms with Crippen LogP contribution in [0.3, 0.4) is 0 Å². The van der Waals surface area contributed by atoms with Crippen LogP contribution in [0.15, 0.2) is 9.59 Å². The first-order valence-electron chi connectivity index (χ1n) is 7.56. The second-order valence-electron chi connectivity index (χ2n) is 5.61. The zero-order valence-electron chi connectivity index (χ0n) is 12.5. The SMILES string of the molecule is CCCn1c(N)c(N2CCCC(CCO)C2)c(=O)[nH]c1=O. The number of aromatic amines is 1. The highest BCUT2D eigenvalue weighted by Crippen LogP contribution is 2.25. The van der Waals surface area contributed by atoms with Gasteiger partial charge in [0.2, 0.25) is 0 Å². The molecule has 0 saturated carbocycles. The van der Waals surface area contributed by atoms with Gasteiger partial charge in [-0.25, -0.2) is 4.79 Å². The Kier molecular flexibility index (Phi) is 5.06. The number of nitrogens with one attached hydrogen (secondary N) is 1. The number of aliphatic hydroxyl groups excluding tert-OH is 1. The lowest BCUT2D eigenvalue weighted by molar-refractivity contribution is 0.244. The number of nitrogens with zero attached hydrogens (tertiary/aromatic N) is 2. The van der Waals surface area contributed by atoms with Gasteiger partial charge in [-0.1, -0.05) is 6.92 Å². The van der Waals surface area contributed by atoms with Crippen LogP contribution >= 0.6 is 0 Å². The van der Waals surface area contributed by atoms with Crippen molar-refractivity contribution in [3.63, 3.8) is 0 Å². The first-order valence-corrected chi connectivity index (χ1v) is 7.56. The van der Waals surface area contributed by atoms with E-state index >= 15 is 0 Å². The second-order valence-corrected chi connectivity index (χ2v) is 5.61. The van der Waals surface area contributed by atoms with Crippen LogP contribution in [0.1, 0.15) is 32.6 Å². The van der Waals surface area contributed by atoms with E-state index in [1.54, 1.807) is 0 Å². The lowest BCUT2D eigenvalue weighted by Crippen LogP contribution is -2.42. The summed E-state index contributed by atoms with van der Waals surface area (Å²) in [5.41, 5.74) is 5.59. The van der Waals surface area contributed by atoms with Gasteiger partial charge in [-0.2, -0.15) is 0 Å². The fraction of sp³-hybridized carbons (Fsp3) is 0.714. The van der Waals surface area contributed by atoms with Gasteiger partial charge < -0.3 is 15.7 Å². The Balaban J connectivity index is 2.36. The Morgan fingerprint density at radius 2 is 2.19 bits per heavy atom. The van der Waals surface area contributed by atoms with E-state index in [1.807, 2.05) is 11.8 Å². The molecule has 1 atom stereocenters. The minimum Gasteiger partial charge on any atom is -0.396 e. The van der Waals surface area contributed by atoms with Gasteiger partial charge in [0, 0.05) is 26.2 Å². The predicted molar refractivity (Wildman–Crippen MR) is 82.7 cm³/mol. The third-order valence-corrected chi connectivity index (χ3v) is 4.03. The molecule has 7 heteroatoms. The van der Waals surface area contributed by atoms with Crippen molar-refractivity contribution < 1.29 is 5.11 Å². The number of rotatable bonds is 5. The fourth-order valence-electron chi connectivity index (χ4n) is 3.01. The Labute approximate surface area is 123 Å². The van der Waals surface area contributed by atoms with Gasteiger partial charge in [-0.3, -0.25) is 14.3 Å². The molecule has 1 saturated heterocycles. The summed E-state index contributed by atoms with van der Waals surface area (Å²) in [7, 11) is 0. The largest absolute Gasteiger partial charge is 0.396 e. The summed E-state index contributed by atoms with van der Waals surface area (Å²) in [6.45, 7) is 4.04. The third kappa shape index (κ3) is 3.29. The Morgan fingerprint density at radius 3 is 2.86 bits per heavy atom. The quantitative estimate of drug-likeness (QED) is 0.716. The fourth-order valence-corrected chi connectivity index (χ4v) is 3.01. The number of hydrogen-bond donors (Lipinski definition) is 3. The van der Waals surface area contributed by atoms with Gasteiger partial charge in [0.05, 0.1) is 0 Å². The van der Waals surface area contributed by atoms with Crippen LogP contribution in [0.25, 0.3) is 0 Å². The minimum absolute atomic E-state index is 0.152. The number of piperidine rings is 1. The average molecular weight is 296 g/mol. The highest BCUT2D eigenvalue weighted by molar-refractivity contribution is 5.62. The van der Waals surface area contributed by atoms with Gasteiger partial charge in [-0.15, -0.1) is 0 Å². The smallest absolute Gasteiger partial charge is 0.330 e. The molecule has 1 aromatic rings. The Hall–Kier alpha value is -1.76. The van der Waals surface area contributed by atoms with Crippen LogP contribution in [0.2, 0.25) is 0 Å². The molecule has 0 bridgehead atoms. The first kappa shape index (κ1) is 15.6. The normalized spacial score (nSPS) is 19.0. The lowest BCUT2D eigenvalue weighted by atomic mass is 9.95. The standard InChI is InChI=1S/C14H24N4O3/c1-2-6-18-12(15)11(13(20)16-14(18)21)17-7-3-4-10(9-17)5-8-19/h10,19H,2-9,15H2,1H3,(H,16,20,21). The number of anilines is 2. The molecule has 1 unspecified atom stereocenters. The molecule has 4 N–H and O–H groups in total. The highest BCUT2D eigenvalue weighted by Gasteiger charge is 2.24. The van der Waals surface area contributed by atoms with E-state index in [1.165, 1.54) is 4.57 Å². The van der Waals surface area contributed by atoms with Crippen molar-refractivity contribution in [1.29, 1.82) is 0 Å². The number of H-pyrrole nitrogens is 1. The van der Waals surface area contributed by atoms with Crippen LogP contribution < -0.4 is 21.9 Å². The van der Waals surface area contributed by atoms with Crippen molar-refractivity contribution in [1.82, 2.24) is 9.55 Å². The van der Waals surface area contributed by atoms with Crippen molar-refractivity contribution >= 4 is 11.5 Å². The molecule has 21 heavy (non-hydrogen) atoms. The van der Waals surface area contributed by atoms with E-state index in [9.17, 15) is 9.59 Å². The Bertz CT molecular complexity index is 591. The minimum atomic E-state index is -0.452. The van der Waals surface area contributed by atoms with Gasteiger partial charge in [0.25, 0.3) is 5.56 Å². The summed E-state index contributed by atoms with van der Waals surface area (Å²) < 4.78 is 1.42. The summed E-state index contributed by atoms with van der Waals surface area (Å²) in [4.78, 5) is 28.3. The van der Waals surface area contributed by atoms with Crippen LogP contribution in [0.5, 0.6) is 0 Å². The molecule has 0 amide bonds. The first-order chi connectivity index (χ1) is 10.1. The van der Waals surface area contributed by atoms with E-state index in [2.05, 4.69) is 4.98 Å². The molecule has 7 nitrogen and oxygen atoms in total. The molecular weight excluding hydrogens is 272 g/mol. The van der Waals surface area contributed by atoms with Crippen LogP contribution in [-0.2, 0) is 6.54 Å². The number of nitrogen functional groups attached to an aromatic ring is 1. The second kappa shape index (κ2) is 6.80. The topological polar surface area (TPSA) is 104 Å². The van der Waals surface area contributed by atoms with Crippen molar-refractivity contribution in [2.45, 2.75) is 39.2 Å². The van der Waals surface area contributed by atoms with Gasteiger partial charge >= 0.3 is 5.69 Å². The molecule has 0 aromatic carbocycles. The molecule has 1 aliphatic rings. The summed E-state index contributed by atoms with van der Waals surface area (Å²) in [6, 6.07) is 0. The van der Waals surface area contributed by atoms with Crippen molar-refractivity contribution in [3.8, 4) is 0 Å². The van der Waals surface area contributed by atoms with Gasteiger partial charge in [0.1, 0.15) is 11.5 Å². The van der Waals surface area contributed by atoms with Gasteiger partial charge in [0.15, 0.2) is 0 Å². The zero-order valence-corrected chi connectivity index (χ0v) is 12.5. The van der Waals surface area contributed by atoms with E-state index in [0.717, 1.165) is 32.2 Å². The summed E-state index contributed by atoms with van der Waals surface area (Å²) in [5.74, 6) is 0.601. The predicted octanol–water partition coefficient (Wildman–Crippen LogP) is 0.128. The van der Waals surface area contributed by atoms with Crippen LogP contribution in [-0.4, -0.2) is 34.4 Å². The molecule has 0 spiro atoms. The molecule has 1 aromatic heterocycles. The molecule has 0 radical (unpaired) electrons. The molecule has 1 fully saturated rings. The molecule has 2 rings (SSSR count).